The van der Waals surface area contributed by atoms with Crippen molar-refractivity contribution in [3.63, 3.8) is 0 Å². The SMILES string of the molecule is COc1ccc(C2C(C(=O)NCCc3ccc(F)cc3)CCC(=O)N2c2ccc(C)cc2)cc1OC. The number of anilines is 1. The van der Waals surface area contributed by atoms with Crippen LogP contribution in [0.3, 0.4) is 0 Å². The van der Waals surface area contributed by atoms with E-state index in [2.05, 4.69) is 5.32 Å². The number of piperidine rings is 1. The lowest BCUT2D eigenvalue weighted by atomic mass is 9.83. The lowest BCUT2D eigenvalue weighted by Gasteiger charge is -2.41. The summed E-state index contributed by atoms with van der Waals surface area (Å²) in [7, 11) is 3.13. The van der Waals surface area contributed by atoms with Crippen LogP contribution in [-0.4, -0.2) is 32.6 Å². The van der Waals surface area contributed by atoms with Gasteiger partial charge in [0.05, 0.1) is 26.2 Å². The summed E-state index contributed by atoms with van der Waals surface area (Å²) < 4.78 is 24.1. The number of aryl methyl sites for hydroxylation is 1. The third-order valence-electron chi connectivity index (χ3n) is 6.62. The number of halogens is 1. The molecule has 1 aliphatic heterocycles. The Hall–Kier alpha value is -3.87. The van der Waals surface area contributed by atoms with Crippen LogP contribution in [0.4, 0.5) is 10.1 Å². The predicted molar refractivity (Wildman–Crippen MR) is 137 cm³/mol. The molecule has 3 aromatic carbocycles. The lowest BCUT2D eigenvalue weighted by molar-refractivity contribution is -0.129. The second-order valence-electron chi connectivity index (χ2n) is 8.97. The van der Waals surface area contributed by atoms with Gasteiger partial charge in [0.1, 0.15) is 5.82 Å². The molecule has 188 valence electrons. The van der Waals surface area contributed by atoms with Crippen LogP contribution in [0, 0.1) is 18.7 Å². The molecule has 0 saturated carbocycles. The number of rotatable bonds is 8. The monoisotopic (exact) mass is 490 g/mol. The Balaban J connectivity index is 1.64. The van der Waals surface area contributed by atoms with Gasteiger partial charge in [-0.2, -0.15) is 0 Å². The molecule has 0 bridgehead atoms. The largest absolute Gasteiger partial charge is 0.493 e. The molecule has 4 rings (SSSR count). The molecule has 0 radical (unpaired) electrons. The van der Waals surface area contributed by atoms with E-state index in [-0.39, 0.29) is 24.1 Å². The highest BCUT2D eigenvalue weighted by atomic mass is 19.1. The van der Waals surface area contributed by atoms with E-state index in [9.17, 15) is 14.0 Å². The number of nitrogens with one attached hydrogen (secondary N) is 1. The zero-order valence-corrected chi connectivity index (χ0v) is 20.8. The summed E-state index contributed by atoms with van der Waals surface area (Å²) in [4.78, 5) is 28.5. The molecule has 1 fully saturated rings. The molecule has 2 amide bonds. The molecule has 6 nitrogen and oxygen atoms in total. The van der Waals surface area contributed by atoms with Crippen molar-refractivity contribution in [3.8, 4) is 11.5 Å². The van der Waals surface area contributed by atoms with Crippen LogP contribution >= 0.6 is 0 Å². The average Bonchev–Trinajstić information content (AvgIpc) is 2.89. The summed E-state index contributed by atoms with van der Waals surface area (Å²) in [5.74, 6) is 0.201. The molecule has 3 aromatic rings. The summed E-state index contributed by atoms with van der Waals surface area (Å²) in [5.41, 5.74) is 3.56. The van der Waals surface area contributed by atoms with Gasteiger partial charge in [-0.15, -0.1) is 0 Å². The van der Waals surface area contributed by atoms with Gasteiger partial charge in [-0.1, -0.05) is 35.9 Å². The molecular formula is C29H31FN2O4. The fourth-order valence-corrected chi connectivity index (χ4v) is 4.71. The molecule has 36 heavy (non-hydrogen) atoms. The Bertz CT molecular complexity index is 1210. The molecule has 1 saturated heterocycles. The Morgan fingerprint density at radius 2 is 1.69 bits per heavy atom. The van der Waals surface area contributed by atoms with Gasteiger partial charge >= 0.3 is 0 Å². The quantitative estimate of drug-likeness (QED) is 0.483. The van der Waals surface area contributed by atoms with Crippen LogP contribution < -0.4 is 19.7 Å². The number of carbonyl (C=O) groups is 2. The molecule has 1 aliphatic rings. The molecule has 0 aromatic heterocycles. The summed E-state index contributed by atoms with van der Waals surface area (Å²) >= 11 is 0. The van der Waals surface area contributed by atoms with E-state index in [1.54, 1.807) is 37.3 Å². The molecule has 2 unspecified atom stereocenters. The van der Waals surface area contributed by atoms with Gasteiger partial charge in [-0.3, -0.25) is 9.59 Å². The number of amides is 2. The molecule has 1 N–H and O–H groups in total. The minimum absolute atomic E-state index is 0.0333. The number of hydrogen-bond donors (Lipinski definition) is 1. The Morgan fingerprint density at radius 1 is 1.00 bits per heavy atom. The third kappa shape index (κ3) is 5.51. The standard InChI is InChI=1S/C29H31FN2O4/c1-19-4-11-23(12-5-19)32-27(33)15-13-24(28(32)21-8-14-25(35-2)26(18-21)36-3)29(34)31-17-16-20-6-9-22(30)10-7-20/h4-12,14,18,24,28H,13,15-17H2,1-3H3,(H,31,34). The minimum atomic E-state index is -0.514. The highest BCUT2D eigenvalue weighted by Crippen LogP contribution is 2.42. The van der Waals surface area contributed by atoms with E-state index >= 15 is 0 Å². The maximum absolute atomic E-state index is 13.5. The Morgan fingerprint density at radius 3 is 2.36 bits per heavy atom. The zero-order chi connectivity index (χ0) is 25.7. The topological polar surface area (TPSA) is 67.9 Å². The van der Waals surface area contributed by atoms with E-state index in [4.69, 9.17) is 9.47 Å². The van der Waals surface area contributed by atoms with E-state index in [1.165, 1.54) is 12.1 Å². The summed E-state index contributed by atoms with van der Waals surface area (Å²) in [6.07, 6.45) is 1.29. The normalized spacial score (nSPS) is 17.6. The van der Waals surface area contributed by atoms with Crippen molar-refractivity contribution in [3.05, 3.63) is 89.2 Å². The minimum Gasteiger partial charge on any atom is -0.493 e. The maximum Gasteiger partial charge on any atom is 0.227 e. The summed E-state index contributed by atoms with van der Waals surface area (Å²) in [6, 6.07) is 19.0. The molecule has 2 atom stereocenters. The fourth-order valence-electron chi connectivity index (χ4n) is 4.71. The number of carbonyl (C=O) groups excluding carboxylic acids is 2. The predicted octanol–water partition coefficient (Wildman–Crippen LogP) is 4.99. The van der Waals surface area contributed by atoms with E-state index in [0.29, 0.717) is 30.9 Å². The van der Waals surface area contributed by atoms with Gasteiger partial charge in [-0.05, 0) is 67.3 Å². The zero-order valence-electron chi connectivity index (χ0n) is 20.8. The van der Waals surface area contributed by atoms with Crippen LogP contribution in [-0.2, 0) is 16.0 Å². The van der Waals surface area contributed by atoms with Gasteiger partial charge in [0, 0.05) is 18.7 Å². The molecule has 1 heterocycles. The summed E-state index contributed by atoms with van der Waals surface area (Å²) in [5, 5.41) is 3.04. The van der Waals surface area contributed by atoms with Crippen LogP contribution in [0.1, 0.15) is 35.6 Å². The van der Waals surface area contributed by atoms with E-state index < -0.39 is 12.0 Å². The Labute approximate surface area is 211 Å². The highest BCUT2D eigenvalue weighted by Gasteiger charge is 2.41. The average molecular weight is 491 g/mol. The van der Waals surface area contributed by atoms with Crippen LogP contribution in [0.25, 0.3) is 0 Å². The first-order valence-electron chi connectivity index (χ1n) is 12.0. The number of nitrogens with zero attached hydrogens (tertiary/aromatic N) is 1. The van der Waals surface area contributed by atoms with Gasteiger partial charge in [0.15, 0.2) is 11.5 Å². The Kier molecular flexibility index (Phi) is 7.88. The number of ether oxygens (including phenoxy) is 2. The highest BCUT2D eigenvalue weighted by molar-refractivity contribution is 5.97. The van der Waals surface area contributed by atoms with Crippen LogP contribution in [0.2, 0.25) is 0 Å². The van der Waals surface area contributed by atoms with Gasteiger partial charge in [-0.25, -0.2) is 4.39 Å². The third-order valence-corrected chi connectivity index (χ3v) is 6.62. The van der Waals surface area contributed by atoms with Crippen molar-refractivity contribution in [1.29, 1.82) is 0 Å². The smallest absolute Gasteiger partial charge is 0.227 e. The van der Waals surface area contributed by atoms with Gasteiger partial charge < -0.3 is 19.7 Å². The second kappa shape index (κ2) is 11.2. The van der Waals surface area contributed by atoms with Crippen molar-refractivity contribution in [2.75, 3.05) is 25.7 Å². The lowest BCUT2D eigenvalue weighted by Crippen LogP contribution is -2.48. The number of methoxy groups -OCH3 is 2. The molecule has 7 heteroatoms. The van der Waals surface area contributed by atoms with Crippen LogP contribution in [0.15, 0.2) is 66.7 Å². The van der Waals surface area contributed by atoms with Crippen molar-refractivity contribution in [1.82, 2.24) is 5.32 Å². The van der Waals surface area contributed by atoms with Crippen molar-refractivity contribution in [2.45, 2.75) is 32.2 Å². The van der Waals surface area contributed by atoms with Gasteiger partial charge in [0.25, 0.3) is 0 Å². The molecule has 0 spiro atoms. The van der Waals surface area contributed by atoms with E-state index in [1.807, 2.05) is 43.3 Å². The number of hydrogen-bond acceptors (Lipinski definition) is 4. The molecular weight excluding hydrogens is 459 g/mol. The first kappa shape index (κ1) is 25.2. The van der Waals surface area contributed by atoms with Crippen molar-refractivity contribution >= 4 is 17.5 Å². The molecule has 0 aliphatic carbocycles. The van der Waals surface area contributed by atoms with Crippen LogP contribution in [0.5, 0.6) is 11.5 Å². The summed E-state index contributed by atoms with van der Waals surface area (Å²) in [6.45, 7) is 2.41. The van der Waals surface area contributed by atoms with Gasteiger partial charge in [0.2, 0.25) is 11.8 Å². The fraction of sp³-hybridized carbons (Fsp3) is 0.310. The second-order valence-corrected chi connectivity index (χ2v) is 8.97. The number of benzene rings is 3. The maximum atomic E-state index is 13.5. The first-order chi connectivity index (χ1) is 17.4. The first-order valence-corrected chi connectivity index (χ1v) is 12.0. The van der Waals surface area contributed by atoms with Crippen molar-refractivity contribution < 1.29 is 23.5 Å². The van der Waals surface area contributed by atoms with E-state index in [0.717, 1.165) is 22.4 Å². The van der Waals surface area contributed by atoms with Crippen molar-refractivity contribution in [2.24, 2.45) is 5.92 Å².